The number of esters is 1. The highest BCUT2D eigenvalue weighted by Crippen LogP contribution is 2.17. The van der Waals surface area contributed by atoms with E-state index in [1.807, 2.05) is 0 Å². The Balaban J connectivity index is 1.77. The van der Waals surface area contributed by atoms with Gasteiger partial charge in [0.15, 0.2) is 12.7 Å². The Morgan fingerprint density at radius 2 is 2.04 bits per heavy atom. The van der Waals surface area contributed by atoms with Gasteiger partial charge in [-0.25, -0.2) is 4.79 Å². The van der Waals surface area contributed by atoms with Gasteiger partial charge in [0.1, 0.15) is 5.75 Å². The maximum atomic E-state index is 12.1. The van der Waals surface area contributed by atoms with Gasteiger partial charge in [0.2, 0.25) is 0 Å². The van der Waals surface area contributed by atoms with Crippen LogP contribution in [0.4, 0.5) is 0 Å². The molecule has 5 nitrogen and oxygen atoms in total. The zero-order valence-electron chi connectivity index (χ0n) is 13.5. The lowest BCUT2D eigenvalue weighted by atomic mass is 10.0. The van der Waals surface area contributed by atoms with E-state index in [1.165, 1.54) is 0 Å². The van der Waals surface area contributed by atoms with Crippen molar-refractivity contribution in [1.29, 1.82) is 0 Å². The number of rotatable bonds is 5. The van der Waals surface area contributed by atoms with Gasteiger partial charge in [-0.3, -0.25) is 4.79 Å². The molecule has 1 fully saturated rings. The Hall–Kier alpha value is -1.75. The molecule has 23 heavy (non-hydrogen) atoms. The molecular formula is C17H22ClNO4. The van der Waals surface area contributed by atoms with Gasteiger partial charge in [0.05, 0.1) is 0 Å². The fraction of sp³-hybridized carbons (Fsp3) is 0.529. The van der Waals surface area contributed by atoms with Gasteiger partial charge in [-0.2, -0.15) is 0 Å². The molecule has 0 aromatic heterocycles. The van der Waals surface area contributed by atoms with Crippen molar-refractivity contribution in [1.82, 2.24) is 4.90 Å². The van der Waals surface area contributed by atoms with Crippen LogP contribution in [0.2, 0.25) is 5.02 Å². The van der Waals surface area contributed by atoms with Gasteiger partial charge in [-0.1, -0.05) is 18.5 Å². The third kappa shape index (κ3) is 5.43. The molecular weight excluding hydrogens is 318 g/mol. The molecule has 2 rings (SSSR count). The van der Waals surface area contributed by atoms with Crippen LogP contribution >= 0.6 is 11.6 Å². The zero-order valence-corrected chi connectivity index (χ0v) is 14.2. The van der Waals surface area contributed by atoms with Crippen LogP contribution in [0.25, 0.3) is 0 Å². The van der Waals surface area contributed by atoms with E-state index in [0.29, 0.717) is 16.7 Å². The molecule has 6 heteroatoms. The summed E-state index contributed by atoms with van der Waals surface area (Å²) in [6.45, 7) is 4.93. The summed E-state index contributed by atoms with van der Waals surface area (Å²) in [6, 6.07) is 6.70. The molecule has 0 spiro atoms. The molecule has 2 unspecified atom stereocenters. The van der Waals surface area contributed by atoms with Crippen molar-refractivity contribution in [2.24, 2.45) is 5.92 Å². The van der Waals surface area contributed by atoms with E-state index in [2.05, 4.69) is 6.92 Å². The number of carbonyl (C=O) groups excluding carboxylic acids is 2. The van der Waals surface area contributed by atoms with E-state index in [9.17, 15) is 9.59 Å². The van der Waals surface area contributed by atoms with Crippen LogP contribution in [0.15, 0.2) is 24.3 Å². The third-order valence-electron chi connectivity index (χ3n) is 3.81. The average molecular weight is 340 g/mol. The van der Waals surface area contributed by atoms with E-state index < -0.39 is 12.1 Å². The fourth-order valence-corrected chi connectivity index (χ4v) is 2.65. The molecule has 1 aliphatic heterocycles. The summed E-state index contributed by atoms with van der Waals surface area (Å²) in [5.41, 5.74) is 0. The summed E-state index contributed by atoms with van der Waals surface area (Å²) >= 11 is 5.79. The maximum absolute atomic E-state index is 12.1. The molecule has 2 atom stereocenters. The van der Waals surface area contributed by atoms with Gasteiger partial charge in [-0.15, -0.1) is 0 Å². The Kier molecular flexibility index (Phi) is 6.28. The highest BCUT2D eigenvalue weighted by atomic mass is 35.5. The van der Waals surface area contributed by atoms with Crippen molar-refractivity contribution in [3.63, 3.8) is 0 Å². The van der Waals surface area contributed by atoms with E-state index in [0.717, 1.165) is 25.9 Å². The van der Waals surface area contributed by atoms with Crippen molar-refractivity contribution >= 4 is 23.5 Å². The minimum Gasteiger partial charge on any atom is -0.479 e. The molecule has 1 heterocycles. The number of piperidine rings is 1. The molecule has 1 aromatic rings. The van der Waals surface area contributed by atoms with Crippen LogP contribution in [-0.2, 0) is 14.3 Å². The largest absolute Gasteiger partial charge is 0.479 e. The predicted molar refractivity (Wildman–Crippen MR) is 87.5 cm³/mol. The van der Waals surface area contributed by atoms with Gasteiger partial charge < -0.3 is 14.4 Å². The van der Waals surface area contributed by atoms with E-state index >= 15 is 0 Å². The lowest BCUT2D eigenvalue weighted by molar-refractivity contribution is -0.157. The van der Waals surface area contributed by atoms with Crippen molar-refractivity contribution < 1.29 is 19.1 Å². The first kappa shape index (κ1) is 17.6. The summed E-state index contributed by atoms with van der Waals surface area (Å²) in [7, 11) is 0. The minimum atomic E-state index is -0.788. The summed E-state index contributed by atoms with van der Waals surface area (Å²) in [6.07, 6.45) is 1.34. The molecule has 126 valence electrons. The lowest BCUT2D eigenvalue weighted by Crippen LogP contribution is -2.42. The molecule has 1 aliphatic rings. The SMILES string of the molecule is CC1CCCN(C(=O)COC(=O)C(C)Oc2ccc(Cl)cc2)C1. The van der Waals surface area contributed by atoms with Crippen LogP contribution in [0, 0.1) is 5.92 Å². The van der Waals surface area contributed by atoms with Crippen molar-refractivity contribution in [2.45, 2.75) is 32.8 Å². The number of nitrogens with zero attached hydrogens (tertiary/aromatic N) is 1. The average Bonchev–Trinajstić information content (AvgIpc) is 2.54. The topological polar surface area (TPSA) is 55.8 Å². The maximum Gasteiger partial charge on any atom is 0.347 e. The molecule has 0 saturated carbocycles. The summed E-state index contributed by atoms with van der Waals surface area (Å²) in [5.74, 6) is 0.313. The molecule has 1 amide bonds. The van der Waals surface area contributed by atoms with Gasteiger partial charge >= 0.3 is 5.97 Å². The monoisotopic (exact) mass is 339 g/mol. The standard InChI is InChI=1S/C17H22ClNO4/c1-12-4-3-9-19(10-12)16(20)11-22-17(21)13(2)23-15-7-5-14(18)6-8-15/h5-8,12-13H,3-4,9-11H2,1-2H3. The normalized spacial score (nSPS) is 19.1. The van der Waals surface area contributed by atoms with Crippen molar-refractivity contribution in [3.05, 3.63) is 29.3 Å². The van der Waals surface area contributed by atoms with E-state index in [4.69, 9.17) is 21.1 Å². The van der Waals surface area contributed by atoms with Crippen LogP contribution < -0.4 is 4.74 Å². The van der Waals surface area contributed by atoms with E-state index in [1.54, 1.807) is 36.1 Å². The number of hydrogen-bond acceptors (Lipinski definition) is 4. The summed E-state index contributed by atoms with van der Waals surface area (Å²) in [4.78, 5) is 25.7. The molecule has 1 saturated heterocycles. The zero-order chi connectivity index (χ0) is 16.8. The second-order valence-corrected chi connectivity index (χ2v) is 6.35. The Labute approximate surface area is 141 Å². The van der Waals surface area contributed by atoms with Crippen LogP contribution in [0.1, 0.15) is 26.7 Å². The number of hydrogen-bond donors (Lipinski definition) is 0. The Bertz CT molecular complexity index is 546. The van der Waals surface area contributed by atoms with Gasteiger partial charge in [-0.05, 0) is 49.9 Å². The molecule has 0 radical (unpaired) electrons. The molecule has 1 aromatic carbocycles. The van der Waals surface area contributed by atoms with Crippen LogP contribution in [-0.4, -0.2) is 42.6 Å². The fourth-order valence-electron chi connectivity index (χ4n) is 2.52. The smallest absolute Gasteiger partial charge is 0.347 e. The number of benzene rings is 1. The lowest BCUT2D eigenvalue weighted by Gasteiger charge is -2.30. The minimum absolute atomic E-state index is 0.149. The second kappa shape index (κ2) is 8.20. The highest BCUT2D eigenvalue weighted by Gasteiger charge is 2.23. The first-order valence-corrected chi connectivity index (χ1v) is 8.20. The summed E-state index contributed by atoms with van der Waals surface area (Å²) in [5, 5.41) is 0.592. The number of likely N-dealkylation sites (tertiary alicyclic amines) is 1. The molecule has 0 bridgehead atoms. The number of ether oxygens (including phenoxy) is 2. The second-order valence-electron chi connectivity index (χ2n) is 5.91. The Morgan fingerprint density at radius 1 is 1.35 bits per heavy atom. The number of halogens is 1. The van der Waals surface area contributed by atoms with Gasteiger partial charge in [0, 0.05) is 18.1 Å². The summed E-state index contributed by atoms with van der Waals surface area (Å²) < 4.78 is 10.5. The number of amides is 1. The van der Waals surface area contributed by atoms with Crippen LogP contribution in [0.3, 0.4) is 0 Å². The van der Waals surface area contributed by atoms with Crippen molar-refractivity contribution in [2.75, 3.05) is 19.7 Å². The molecule has 0 N–H and O–H groups in total. The predicted octanol–water partition coefficient (Wildman–Crippen LogP) is 2.91. The first-order chi connectivity index (χ1) is 11.0. The number of carbonyl (C=O) groups is 2. The Morgan fingerprint density at radius 3 is 2.70 bits per heavy atom. The third-order valence-corrected chi connectivity index (χ3v) is 4.06. The van der Waals surface area contributed by atoms with Crippen LogP contribution in [0.5, 0.6) is 5.75 Å². The van der Waals surface area contributed by atoms with E-state index in [-0.39, 0.29) is 12.5 Å². The molecule has 0 aliphatic carbocycles. The quantitative estimate of drug-likeness (QED) is 0.774. The highest BCUT2D eigenvalue weighted by molar-refractivity contribution is 6.30. The first-order valence-electron chi connectivity index (χ1n) is 7.82. The van der Waals surface area contributed by atoms with Crippen molar-refractivity contribution in [3.8, 4) is 5.75 Å². The van der Waals surface area contributed by atoms with Gasteiger partial charge in [0.25, 0.3) is 5.91 Å².